The van der Waals surface area contributed by atoms with E-state index < -0.39 is 22.8 Å². The first-order valence-corrected chi connectivity index (χ1v) is 6.67. The summed E-state index contributed by atoms with van der Waals surface area (Å²) in [4.78, 5) is 22.9. The van der Waals surface area contributed by atoms with Crippen molar-refractivity contribution >= 4 is 11.9 Å². The molecule has 0 bridgehead atoms. The molecular weight excluding hydrogens is 255 g/mol. The fourth-order valence-corrected chi connectivity index (χ4v) is 2.32. The predicted octanol–water partition coefficient (Wildman–Crippen LogP) is 0.665. The van der Waals surface area contributed by atoms with Gasteiger partial charge in [-0.15, -0.1) is 0 Å². The molecule has 0 aliphatic rings. The van der Waals surface area contributed by atoms with Crippen LogP contribution in [0.3, 0.4) is 0 Å². The number of unbranched alkanes of at least 4 members (excludes halogenated alkanes) is 4. The van der Waals surface area contributed by atoms with E-state index in [1.807, 2.05) is 0 Å². The topological polar surface area (TPSA) is 74.6 Å². The number of hydrogen-bond acceptors (Lipinski definition) is 2. The van der Waals surface area contributed by atoms with Crippen LogP contribution in [0.25, 0.3) is 0 Å². The zero-order valence-electron chi connectivity index (χ0n) is 14.0. The third kappa shape index (κ3) is 5.44. The smallest absolute Gasteiger partial charge is 1.00 e. The predicted molar refractivity (Wildman–Crippen MR) is 71.6 cm³/mol. The van der Waals surface area contributed by atoms with E-state index in [1.54, 1.807) is 20.8 Å². The molecule has 0 radical (unpaired) electrons. The van der Waals surface area contributed by atoms with Crippen LogP contribution in [0.2, 0.25) is 0 Å². The summed E-state index contributed by atoms with van der Waals surface area (Å²) in [5, 5.41) is 18.7. The summed E-state index contributed by atoms with van der Waals surface area (Å²) in [6.45, 7) is 7.15. The standard InChI is InChI=1S/C14H26O4.Na.H/c1-5-6-7-8-9-10-14(11(15)16,12(17)18)13(2,3)4;;/h5-10H2,1-4H3,(H,15,16)(H,17,18);;/q;+1;-1. The Morgan fingerprint density at radius 2 is 1.37 bits per heavy atom. The molecule has 0 unspecified atom stereocenters. The normalized spacial score (nSPS) is 11.8. The van der Waals surface area contributed by atoms with Crippen LogP contribution in [0.1, 0.15) is 67.6 Å². The van der Waals surface area contributed by atoms with Gasteiger partial charge in [0.1, 0.15) is 0 Å². The first-order chi connectivity index (χ1) is 8.20. The number of carbonyl (C=O) groups is 2. The maximum atomic E-state index is 11.4. The van der Waals surface area contributed by atoms with Crippen molar-refractivity contribution in [2.24, 2.45) is 10.8 Å². The van der Waals surface area contributed by atoms with Crippen LogP contribution in [0.4, 0.5) is 0 Å². The zero-order chi connectivity index (χ0) is 14.4. The van der Waals surface area contributed by atoms with E-state index in [9.17, 15) is 19.8 Å². The Balaban J connectivity index is -0.00000144. The van der Waals surface area contributed by atoms with E-state index in [4.69, 9.17) is 0 Å². The monoisotopic (exact) mass is 282 g/mol. The molecule has 0 fully saturated rings. The quantitative estimate of drug-likeness (QED) is 0.390. The van der Waals surface area contributed by atoms with Crippen molar-refractivity contribution < 1.29 is 50.8 Å². The molecule has 2 N–H and O–H groups in total. The van der Waals surface area contributed by atoms with Crippen LogP contribution in [0.5, 0.6) is 0 Å². The van der Waals surface area contributed by atoms with E-state index in [-0.39, 0.29) is 37.4 Å². The Labute approximate surface area is 139 Å². The number of hydrogen-bond donors (Lipinski definition) is 2. The SMILES string of the molecule is CCCCCCCC(C(=O)O)(C(=O)O)C(C)(C)C.[H-].[Na+]. The van der Waals surface area contributed by atoms with Gasteiger partial charge < -0.3 is 11.6 Å². The van der Waals surface area contributed by atoms with Gasteiger partial charge in [0.2, 0.25) is 0 Å². The summed E-state index contributed by atoms with van der Waals surface area (Å²) in [6.07, 6.45) is 5.01. The molecule has 0 amide bonds. The molecule has 0 rings (SSSR count). The largest absolute Gasteiger partial charge is 1.00 e. The molecular formula is C14H27NaO4. The average Bonchev–Trinajstić information content (AvgIpc) is 2.20. The molecule has 5 heteroatoms. The Bertz CT molecular complexity index is 286. The van der Waals surface area contributed by atoms with E-state index in [0.29, 0.717) is 6.42 Å². The molecule has 0 heterocycles. The average molecular weight is 282 g/mol. The van der Waals surface area contributed by atoms with Gasteiger partial charge in [0.15, 0.2) is 5.41 Å². The van der Waals surface area contributed by atoms with Crippen LogP contribution in [0.15, 0.2) is 0 Å². The van der Waals surface area contributed by atoms with Gasteiger partial charge in [-0.3, -0.25) is 9.59 Å². The van der Waals surface area contributed by atoms with Gasteiger partial charge in [0.25, 0.3) is 0 Å². The van der Waals surface area contributed by atoms with Gasteiger partial charge in [-0.05, 0) is 11.8 Å². The maximum absolute atomic E-state index is 11.4. The number of carboxylic acids is 2. The Morgan fingerprint density at radius 3 is 1.68 bits per heavy atom. The van der Waals surface area contributed by atoms with Gasteiger partial charge >= 0.3 is 41.5 Å². The van der Waals surface area contributed by atoms with Gasteiger partial charge in [-0.1, -0.05) is 59.8 Å². The minimum Gasteiger partial charge on any atom is -1.00 e. The third-order valence-electron chi connectivity index (χ3n) is 3.67. The molecule has 0 saturated carbocycles. The zero-order valence-corrected chi connectivity index (χ0v) is 15.0. The van der Waals surface area contributed by atoms with Crippen LogP contribution < -0.4 is 29.6 Å². The number of rotatable bonds is 8. The van der Waals surface area contributed by atoms with Crippen LogP contribution >= 0.6 is 0 Å². The molecule has 0 spiro atoms. The van der Waals surface area contributed by atoms with Crippen molar-refractivity contribution in [3.8, 4) is 0 Å². The van der Waals surface area contributed by atoms with Gasteiger partial charge in [0.05, 0.1) is 0 Å². The van der Waals surface area contributed by atoms with Gasteiger partial charge in [0, 0.05) is 0 Å². The second-order valence-corrected chi connectivity index (χ2v) is 5.93. The van der Waals surface area contributed by atoms with Crippen LogP contribution in [-0.4, -0.2) is 22.2 Å². The summed E-state index contributed by atoms with van der Waals surface area (Å²) < 4.78 is 0. The number of carboxylic acid groups (broad SMARTS) is 2. The van der Waals surface area contributed by atoms with Crippen LogP contribution in [0, 0.1) is 10.8 Å². The van der Waals surface area contributed by atoms with Crippen molar-refractivity contribution in [3.05, 3.63) is 0 Å². The summed E-state index contributed by atoms with van der Waals surface area (Å²) in [6, 6.07) is 0. The second-order valence-electron chi connectivity index (χ2n) is 5.93. The van der Waals surface area contributed by atoms with E-state index in [0.717, 1.165) is 25.7 Å². The fourth-order valence-electron chi connectivity index (χ4n) is 2.32. The molecule has 0 aliphatic carbocycles. The molecule has 0 atom stereocenters. The van der Waals surface area contributed by atoms with Crippen molar-refractivity contribution in [2.45, 2.75) is 66.2 Å². The first kappa shape index (κ1) is 21.2. The van der Waals surface area contributed by atoms with E-state index in [1.165, 1.54) is 0 Å². The molecule has 0 aromatic carbocycles. The Kier molecular flexibility index (Phi) is 10.0. The molecule has 4 nitrogen and oxygen atoms in total. The van der Waals surface area contributed by atoms with Gasteiger partial charge in [-0.2, -0.15) is 0 Å². The minimum absolute atomic E-state index is 0. The Hall–Kier alpha value is -0.0600. The molecule has 0 aromatic heterocycles. The third-order valence-corrected chi connectivity index (χ3v) is 3.67. The second kappa shape index (κ2) is 8.98. The first-order valence-electron chi connectivity index (χ1n) is 6.67. The van der Waals surface area contributed by atoms with E-state index in [2.05, 4.69) is 6.92 Å². The van der Waals surface area contributed by atoms with Crippen molar-refractivity contribution in [3.63, 3.8) is 0 Å². The van der Waals surface area contributed by atoms with Crippen molar-refractivity contribution in [1.82, 2.24) is 0 Å². The van der Waals surface area contributed by atoms with Gasteiger partial charge in [-0.25, -0.2) is 0 Å². The molecule has 108 valence electrons. The van der Waals surface area contributed by atoms with Crippen LogP contribution in [-0.2, 0) is 9.59 Å². The maximum Gasteiger partial charge on any atom is 1.00 e. The summed E-state index contributed by atoms with van der Waals surface area (Å²) in [5.74, 6) is -2.45. The Morgan fingerprint density at radius 1 is 0.947 bits per heavy atom. The fraction of sp³-hybridized carbons (Fsp3) is 0.857. The van der Waals surface area contributed by atoms with E-state index >= 15 is 0 Å². The molecule has 19 heavy (non-hydrogen) atoms. The summed E-state index contributed by atoms with van der Waals surface area (Å²) >= 11 is 0. The number of aliphatic carboxylic acids is 2. The summed E-state index contributed by atoms with van der Waals surface area (Å²) in [7, 11) is 0. The van der Waals surface area contributed by atoms with Crippen molar-refractivity contribution in [2.75, 3.05) is 0 Å². The molecule has 0 aromatic rings. The molecule has 0 aliphatic heterocycles. The minimum atomic E-state index is -1.68. The van der Waals surface area contributed by atoms with Crippen molar-refractivity contribution in [1.29, 1.82) is 0 Å². The summed E-state index contributed by atoms with van der Waals surface area (Å²) in [5.41, 5.74) is -2.48. The molecule has 0 saturated heterocycles.